The molecule has 1 saturated carbocycles. The Bertz CT molecular complexity index is 1900. The van der Waals surface area contributed by atoms with Gasteiger partial charge in [0, 0.05) is 5.92 Å². The number of carbonyl (C=O) groups excluding carboxylic acids is 4. The molecule has 46 heavy (non-hydrogen) atoms. The Morgan fingerprint density at radius 2 is 1.65 bits per heavy atom. The van der Waals surface area contributed by atoms with Gasteiger partial charge in [0.1, 0.15) is 11.6 Å². The highest BCUT2D eigenvalue weighted by atomic mass is 35.5. The molecule has 0 bridgehead atoms. The van der Waals surface area contributed by atoms with Crippen molar-refractivity contribution in [2.24, 2.45) is 29.1 Å². The summed E-state index contributed by atoms with van der Waals surface area (Å²) in [6.45, 7) is 3.46. The highest BCUT2D eigenvalue weighted by Gasteiger charge is 2.67. The fraction of sp³-hybridized carbons (Fsp3) is 0.294. The lowest BCUT2D eigenvalue weighted by atomic mass is 9.51. The molecule has 4 amide bonds. The van der Waals surface area contributed by atoms with Crippen molar-refractivity contribution in [2.75, 3.05) is 9.80 Å². The summed E-state index contributed by atoms with van der Waals surface area (Å²) in [5.74, 6) is -6.19. The molecule has 9 nitrogen and oxygen atoms in total. The molecule has 2 heterocycles. The number of fused-ring (bicyclic) bond motifs is 4. The van der Waals surface area contributed by atoms with Crippen LogP contribution in [-0.2, 0) is 19.2 Å². The molecule has 3 fully saturated rings. The maximum absolute atomic E-state index is 14.5. The van der Waals surface area contributed by atoms with Crippen molar-refractivity contribution >= 4 is 59.2 Å². The number of nitrogens with zero attached hydrogens (tertiary/aromatic N) is 2. The molecular formula is C34H29BClFN2O7. The Kier molecular flexibility index (Phi) is 7.00. The molecule has 0 aromatic heterocycles. The Morgan fingerprint density at radius 3 is 2.35 bits per heavy atom. The van der Waals surface area contributed by atoms with Crippen molar-refractivity contribution in [2.45, 2.75) is 32.6 Å². The average Bonchev–Trinajstić information content (AvgIpc) is 3.39. The molecule has 0 spiro atoms. The van der Waals surface area contributed by atoms with Crippen LogP contribution in [0.1, 0.15) is 36.8 Å². The van der Waals surface area contributed by atoms with Gasteiger partial charge in [-0.25, -0.2) is 9.29 Å². The summed E-state index contributed by atoms with van der Waals surface area (Å²) in [7, 11) is -1.79. The third kappa shape index (κ3) is 4.22. The van der Waals surface area contributed by atoms with Gasteiger partial charge in [-0.15, -0.1) is 0 Å². The number of aryl methyl sites for hydroxylation is 1. The number of imide groups is 2. The fourth-order valence-electron chi connectivity index (χ4n) is 8.20. The van der Waals surface area contributed by atoms with Crippen LogP contribution < -0.4 is 15.3 Å². The monoisotopic (exact) mass is 642 g/mol. The van der Waals surface area contributed by atoms with Gasteiger partial charge in [-0.1, -0.05) is 47.5 Å². The lowest BCUT2D eigenvalue weighted by Gasteiger charge is -2.49. The molecule has 2 aliphatic carbocycles. The summed E-state index contributed by atoms with van der Waals surface area (Å²) in [5.41, 5.74) is 1.18. The first kappa shape index (κ1) is 30.3. The van der Waals surface area contributed by atoms with E-state index in [1.54, 1.807) is 32.0 Å². The van der Waals surface area contributed by atoms with E-state index in [4.69, 9.17) is 11.6 Å². The Hall–Kier alpha value is -4.32. The molecule has 3 aromatic carbocycles. The minimum atomic E-state index is -1.79. The summed E-state index contributed by atoms with van der Waals surface area (Å²) in [6.07, 6.45) is 2.26. The van der Waals surface area contributed by atoms with Gasteiger partial charge in [0.25, 0.3) is 0 Å². The van der Waals surface area contributed by atoms with Crippen LogP contribution in [0.25, 0.3) is 0 Å². The van der Waals surface area contributed by atoms with Gasteiger partial charge in [0.05, 0.1) is 39.6 Å². The van der Waals surface area contributed by atoms with E-state index >= 15 is 0 Å². The first-order valence-electron chi connectivity index (χ1n) is 15.0. The molecule has 4 aliphatic rings. The minimum Gasteiger partial charge on any atom is -0.508 e. The molecular weight excluding hydrogens is 614 g/mol. The fourth-order valence-corrected chi connectivity index (χ4v) is 8.38. The number of benzene rings is 3. The first-order chi connectivity index (χ1) is 21.8. The van der Waals surface area contributed by atoms with Crippen LogP contribution in [-0.4, -0.2) is 45.9 Å². The van der Waals surface area contributed by atoms with Crippen molar-refractivity contribution in [1.29, 1.82) is 0 Å². The van der Waals surface area contributed by atoms with Crippen LogP contribution in [0.2, 0.25) is 5.02 Å². The van der Waals surface area contributed by atoms with E-state index in [-0.39, 0.29) is 40.5 Å². The van der Waals surface area contributed by atoms with E-state index in [2.05, 4.69) is 0 Å². The highest BCUT2D eigenvalue weighted by Crippen LogP contribution is 2.63. The Labute approximate surface area is 269 Å². The number of phenolic OH excluding ortho intramolecular Hbond substituents is 1. The lowest BCUT2D eigenvalue weighted by Crippen LogP contribution is -2.48. The van der Waals surface area contributed by atoms with Crippen LogP contribution >= 0.6 is 11.6 Å². The molecule has 7 rings (SSSR count). The van der Waals surface area contributed by atoms with Crippen molar-refractivity contribution in [3.05, 3.63) is 94.3 Å². The van der Waals surface area contributed by atoms with Crippen LogP contribution in [0.5, 0.6) is 5.75 Å². The molecule has 6 atom stereocenters. The third-order valence-corrected chi connectivity index (χ3v) is 10.7. The van der Waals surface area contributed by atoms with Gasteiger partial charge in [-0.3, -0.25) is 24.1 Å². The quantitative estimate of drug-likeness (QED) is 0.225. The SMILES string of the molecule is Cc1cc([C@H]2C3=CC[C@@H]4C(=O)N(c5cccc(B(O)O)c5)C(=O)[C@@H]4[C@@H]3C[C@H]3C(=O)N(c4ccc(F)c(Cl)c4)C(=O)[C@@]23C)ccc1O. The number of hydrogen-bond donors (Lipinski definition) is 3. The maximum Gasteiger partial charge on any atom is 0.488 e. The van der Waals surface area contributed by atoms with Crippen LogP contribution in [0.4, 0.5) is 15.8 Å². The predicted molar refractivity (Wildman–Crippen MR) is 168 cm³/mol. The number of allylic oxidation sites excluding steroid dienone is 2. The van der Waals surface area contributed by atoms with Crippen LogP contribution in [0.15, 0.2) is 72.3 Å². The van der Waals surface area contributed by atoms with Crippen molar-refractivity contribution in [1.82, 2.24) is 0 Å². The summed E-state index contributed by atoms with van der Waals surface area (Å²) < 4.78 is 14.1. The zero-order valence-electron chi connectivity index (χ0n) is 24.9. The average molecular weight is 643 g/mol. The van der Waals surface area contributed by atoms with E-state index < -0.39 is 71.6 Å². The number of phenols is 1. The van der Waals surface area contributed by atoms with E-state index in [1.807, 2.05) is 6.08 Å². The minimum absolute atomic E-state index is 0.0642. The zero-order valence-corrected chi connectivity index (χ0v) is 25.6. The van der Waals surface area contributed by atoms with Gasteiger partial charge in [-0.2, -0.15) is 0 Å². The molecule has 3 N–H and O–H groups in total. The van der Waals surface area contributed by atoms with E-state index in [0.29, 0.717) is 11.1 Å². The van der Waals surface area contributed by atoms with Gasteiger partial charge < -0.3 is 15.2 Å². The molecule has 3 aromatic rings. The van der Waals surface area contributed by atoms with E-state index in [0.717, 1.165) is 21.4 Å². The van der Waals surface area contributed by atoms with E-state index in [9.17, 15) is 38.7 Å². The van der Waals surface area contributed by atoms with E-state index in [1.165, 1.54) is 36.4 Å². The topological polar surface area (TPSA) is 135 Å². The maximum atomic E-state index is 14.5. The van der Waals surface area contributed by atoms with Crippen LogP contribution in [0, 0.1) is 41.8 Å². The molecule has 0 unspecified atom stereocenters. The highest BCUT2D eigenvalue weighted by molar-refractivity contribution is 6.58. The standard InChI is InChI=1S/C34H29BClFN2O7/c1-16-12-17(6-11-27(16)40)29-21-8-9-22-28(32(43)38(30(22)41)19-5-3-4-18(13-19)35(45)46)23(21)15-24-31(42)39(33(44)34(24,29)2)20-7-10-26(37)25(36)14-20/h3-8,10-14,22-24,28-29,40,45-46H,9,15H2,1-2H3/t22-,23+,24-,28-,29-,34+/m0/s1. The smallest absolute Gasteiger partial charge is 0.488 e. The van der Waals surface area contributed by atoms with Gasteiger partial charge in [0.15, 0.2) is 0 Å². The number of aromatic hydroxyl groups is 1. The van der Waals surface area contributed by atoms with Crippen molar-refractivity contribution < 1.29 is 38.7 Å². The molecule has 2 saturated heterocycles. The van der Waals surface area contributed by atoms with Gasteiger partial charge >= 0.3 is 7.12 Å². The van der Waals surface area contributed by atoms with Gasteiger partial charge in [0.2, 0.25) is 23.6 Å². The second-order valence-corrected chi connectivity index (χ2v) is 13.2. The largest absolute Gasteiger partial charge is 0.508 e. The van der Waals surface area contributed by atoms with Crippen LogP contribution in [0.3, 0.4) is 0 Å². The molecule has 2 aliphatic heterocycles. The molecule has 234 valence electrons. The summed E-state index contributed by atoms with van der Waals surface area (Å²) >= 11 is 6.05. The summed E-state index contributed by atoms with van der Waals surface area (Å²) in [4.78, 5) is 58.9. The Morgan fingerprint density at radius 1 is 0.913 bits per heavy atom. The number of amides is 4. The second-order valence-electron chi connectivity index (χ2n) is 12.8. The lowest BCUT2D eigenvalue weighted by molar-refractivity contribution is -0.131. The number of anilines is 2. The number of hydrogen-bond acceptors (Lipinski definition) is 7. The summed E-state index contributed by atoms with van der Waals surface area (Å²) in [6, 6.07) is 14.6. The van der Waals surface area contributed by atoms with Crippen molar-refractivity contribution in [3.63, 3.8) is 0 Å². The molecule has 12 heteroatoms. The Balaban J connectivity index is 1.36. The summed E-state index contributed by atoms with van der Waals surface area (Å²) in [5, 5.41) is 29.5. The third-order valence-electron chi connectivity index (χ3n) is 10.4. The molecule has 0 radical (unpaired) electrons. The second kappa shape index (κ2) is 10.6. The zero-order chi connectivity index (χ0) is 32.8. The first-order valence-corrected chi connectivity index (χ1v) is 15.4. The normalized spacial score (nSPS) is 28.7. The predicted octanol–water partition coefficient (Wildman–Crippen LogP) is 3.61. The number of halogens is 2. The van der Waals surface area contributed by atoms with Crippen molar-refractivity contribution in [3.8, 4) is 5.75 Å². The number of carbonyl (C=O) groups is 4. The van der Waals surface area contributed by atoms with Gasteiger partial charge in [-0.05, 0) is 85.6 Å². The number of rotatable bonds is 4.